The molecule has 9 aromatic carbocycles. The van der Waals surface area contributed by atoms with Crippen molar-refractivity contribution in [2.45, 2.75) is 5.41 Å². The van der Waals surface area contributed by atoms with Crippen LogP contribution in [0.15, 0.2) is 218 Å². The fourth-order valence-corrected chi connectivity index (χ4v) is 9.87. The van der Waals surface area contributed by atoms with Crippen molar-refractivity contribution in [3.63, 3.8) is 0 Å². The van der Waals surface area contributed by atoms with Gasteiger partial charge in [-0.2, -0.15) is 0 Å². The second-order valence-electron chi connectivity index (χ2n) is 15.5. The van der Waals surface area contributed by atoms with Crippen molar-refractivity contribution < 1.29 is 0 Å². The highest BCUT2D eigenvalue weighted by atomic mass is 15.2. The van der Waals surface area contributed by atoms with E-state index in [1.165, 1.54) is 44.8 Å². The lowest BCUT2D eigenvalue weighted by molar-refractivity contribution is 0.753. The third-order valence-electron chi connectivity index (χ3n) is 12.3. The molecule has 4 heteroatoms. The predicted molar refractivity (Wildman–Crippen MR) is 245 cm³/mol. The van der Waals surface area contributed by atoms with Crippen molar-refractivity contribution in [3.05, 3.63) is 241 Å². The second kappa shape index (κ2) is 13.6. The van der Waals surface area contributed by atoms with E-state index in [0.29, 0.717) is 17.5 Å². The van der Waals surface area contributed by atoms with Gasteiger partial charge in [-0.1, -0.05) is 194 Å². The predicted octanol–water partition coefficient (Wildman–Crippen LogP) is 13.8. The van der Waals surface area contributed by atoms with Crippen molar-refractivity contribution in [2.24, 2.45) is 0 Å². The van der Waals surface area contributed by atoms with Gasteiger partial charge in [0.1, 0.15) is 0 Å². The number of fused-ring (bicyclic) bond motifs is 10. The Bertz CT molecular complexity index is 3170. The van der Waals surface area contributed by atoms with Crippen molar-refractivity contribution in [1.82, 2.24) is 15.0 Å². The molecule has 0 amide bonds. The number of hydrogen-bond acceptors (Lipinski definition) is 4. The Balaban J connectivity index is 1.14. The lowest BCUT2D eigenvalue weighted by Gasteiger charge is -2.46. The normalized spacial score (nSPS) is 13.1. The molecular formula is C56H36N4. The summed E-state index contributed by atoms with van der Waals surface area (Å²) in [7, 11) is 0. The Labute approximate surface area is 348 Å². The summed E-state index contributed by atoms with van der Waals surface area (Å²) in [5.41, 5.74) is 15.8. The highest BCUT2D eigenvalue weighted by Gasteiger charge is 2.52. The number of hydrogen-bond donors (Lipinski definition) is 0. The van der Waals surface area contributed by atoms with Crippen LogP contribution in [0.5, 0.6) is 0 Å². The van der Waals surface area contributed by atoms with E-state index in [1.54, 1.807) is 0 Å². The standard InChI is InChI=1S/C56H36N4/c1-4-19-37(20-5-1)53-57-54(38-21-6-2-7-22-38)59-55(58-53)46-36-35-42(40-25-10-11-26-41(40)46)45-29-18-33-50-52(45)60(39-23-8-3-9-24-39)51-34-17-16-32-49(51)56(50)47-30-14-12-27-43(47)44-28-13-15-31-48(44)56/h1-36H. The van der Waals surface area contributed by atoms with E-state index in [4.69, 9.17) is 15.0 Å². The molecule has 4 nitrogen and oxygen atoms in total. The molecule has 2 aliphatic rings. The average Bonchev–Trinajstić information content (AvgIpc) is 3.62. The molecule has 2 heterocycles. The van der Waals surface area contributed by atoms with Crippen molar-refractivity contribution in [3.8, 4) is 56.4 Å². The highest BCUT2D eigenvalue weighted by molar-refractivity contribution is 6.09. The third-order valence-corrected chi connectivity index (χ3v) is 12.3. The zero-order valence-electron chi connectivity index (χ0n) is 32.6. The number of para-hydroxylation sites is 3. The minimum atomic E-state index is -0.539. The Kier molecular flexibility index (Phi) is 7.72. The summed E-state index contributed by atoms with van der Waals surface area (Å²) in [5.74, 6) is 1.92. The SMILES string of the molecule is c1ccc(-c2nc(-c3ccccc3)nc(-c3ccc(-c4cccc5c4N(c4ccccc4)c4ccccc4C54c5ccccc5-c5ccccc54)c4ccccc34)n2)cc1. The van der Waals surface area contributed by atoms with Crippen molar-refractivity contribution in [1.29, 1.82) is 0 Å². The lowest BCUT2D eigenvalue weighted by atomic mass is 9.64. The maximum absolute atomic E-state index is 5.16. The molecule has 0 bridgehead atoms. The largest absolute Gasteiger partial charge is 0.309 e. The number of rotatable bonds is 5. The molecule has 0 fully saturated rings. The molecule has 0 unspecified atom stereocenters. The van der Waals surface area contributed by atoms with E-state index < -0.39 is 5.41 Å². The second-order valence-corrected chi connectivity index (χ2v) is 15.5. The first kappa shape index (κ1) is 34.1. The zero-order chi connectivity index (χ0) is 39.6. The van der Waals surface area contributed by atoms with Gasteiger partial charge in [0.05, 0.1) is 16.8 Å². The van der Waals surface area contributed by atoms with Crippen LogP contribution in [0.2, 0.25) is 0 Å². The minimum absolute atomic E-state index is 0.539. The van der Waals surface area contributed by atoms with Crippen LogP contribution >= 0.6 is 0 Å². The molecule has 0 N–H and O–H groups in total. The first-order valence-electron chi connectivity index (χ1n) is 20.5. The van der Waals surface area contributed by atoms with Gasteiger partial charge in [0.2, 0.25) is 0 Å². The quantitative estimate of drug-likeness (QED) is 0.175. The van der Waals surface area contributed by atoms with Crippen LogP contribution in [0, 0.1) is 0 Å². The minimum Gasteiger partial charge on any atom is -0.309 e. The molecule has 1 aliphatic carbocycles. The van der Waals surface area contributed by atoms with Crippen LogP contribution in [0.3, 0.4) is 0 Å². The van der Waals surface area contributed by atoms with Crippen LogP contribution in [-0.4, -0.2) is 15.0 Å². The van der Waals surface area contributed by atoms with Gasteiger partial charge in [0.25, 0.3) is 0 Å². The molecule has 1 aromatic heterocycles. The van der Waals surface area contributed by atoms with Crippen LogP contribution in [0.4, 0.5) is 17.1 Å². The van der Waals surface area contributed by atoms with Gasteiger partial charge in [0.15, 0.2) is 17.5 Å². The summed E-state index contributed by atoms with van der Waals surface area (Å²) in [6.07, 6.45) is 0. The molecule has 60 heavy (non-hydrogen) atoms. The zero-order valence-corrected chi connectivity index (χ0v) is 32.6. The number of aromatic nitrogens is 3. The van der Waals surface area contributed by atoms with Crippen molar-refractivity contribution in [2.75, 3.05) is 4.90 Å². The molecular weight excluding hydrogens is 729 g/mol. The van der Waals surface area contributed by atoms with E-state index >= 15 is 0 Å². The monoisotopic (exact) mass is 764 g/mol. The molecule has 280 valence electrons. The Morgan fingerprint density at radius 1 is 0.300 bits per heavy atom. The summed E-state index contributed by atoms with van der Waals surface area (Å²) in [6, 6.07) is 78.2. The maximum atomic E-state index is 5.16. The molecule has 0 saturated carbocycles. The lowest BCUT2D eigenvalue weighted by Crippen LogP contribution is -2.36. The molecule has 12 rings (SSSR count). The van der Waals surface area contributed by atoms with E-state index in [2.05, 4.69) is 187 Å². The van der Waals surface area contributed by atoms with Gasteiger partial charge in [-0.3, -0.25) is 0 Å². The van der Waals surface area contributed by atoms with E-state index in [0.717, 1.165) is 44.3 Å². The highest BCUT2D eigenvalue weighted by Crippen LogP contribution is 2.64. The van der Waals surface area contributed by atoms with Gasteiger partial charge < -0.3 is 4.90 Å². The van der Waals surface area contributed by atoms with Gasteiger partial charge in [0, 0.05) is 27.9 Å². The average molecular weight is 765 g/mol. The van der Waals surface area contributed by atoms with E-state index in [1.807, 2.05) is 36.4 Å². The first-order chi connectivity index (χ1) is 29.8. The van der Waals surface area contributed by atoms with Gasteiger partial charge >= 0.3 is 0 Å². The fraction of sp³-hybridized carbons (Fsp3) is 0.0179. The molecule has 10 aromatic rings. The van der Waals surface area contributed by atoms with Crippen LogP contribution in [0.25, 0.3) is 67.2 Å². The summed E-state index contributed by atoms with van der Waals surface area (Å²) in [4.78, 5) is 17.8. The Hall–Kier alpha value is -7.95. The van der Waals surface area contributed by atoms with Gasteiger partial charge in [-0.05, 0) is 74.0 Å². The number of nitrogens with zero attached hydrogens (tertiary/aromatic N) is 4. The Morgan fingerprint density at radius 3 is 1.38 bits per heavy atom. The summed E-state index contributed by atoms with van der Waals surface area (Å²) >= 11 is 0. The summed E-state index contributed by atoms with van der Waals surface area (Å²) in [5, 5.41) is 2.20. The van der Waals surface area contributed by atoms with Gasteiger partial charge in [-0.15, -0.1) is 0 Å². The topological polar surface area (TPSA) is 41.9 Å². The third kappa shape index (κ3) is 5.01. The van der Waals surface area contributed by atoms with Crippen molar-refractivity contribution >= 4 is 27.8 Å². The molecule has 1 aliphatic heterocycles. The molecule has 0 saturated heterocycles. The number of benzene rings is 9. The molecule has 0 atom stereocenters. The van der Waals surface area contributed by atoms with Crippen LogP contribution in [0.1, 0.15) is 22.3 Å². The smallest absolute Gasteiger partial charge is 0.164 e. The number of anilines is 3. The van der Waals surface area contributed by atoms with E-state index in [9.17, 15) is 0 Å². The van der Waals surface area contributed by atoms with E-state index in [-0.39, 0.29) is 0 Å². The first-order valence-corrected chi connectivity index (χ1v) is 20.5. The van der Waals surface area contributed by atoms with Gasteiger partial charge in [-0.25, -0.2) is 15.0 Å². The molecule has 0 radical (unpaired) electrons. The fourth-order valence-electron chi connectivity index (χ4n) is 9.87. The summed E-state index contributed by atoms with van der Waals surface area (Å²) in [6.45, 7) is 0. The molecule has 1 spiro atoms. The van der Waals surface area contributed by atoms with Crippen LogP contribution < -0.4 is 4.90 Å². The van der Waals surface area contributed by atoms with Crippen LogP contribution in [-0.2, 0) is 5.41 Å². The Morgan fingerprint density at radius 2 is 0.750 bits per heavy atom. The summed E-state index contributed by atoms with van der Waals surface area (Å²) < 4.78 is 0. The maximum Gasteiger partial charge on any atom is 0.164 e.